The van der Waals surface area contributed by atoms with Crippen LogP contribution in [0.3, 0.4) is 0 Å². The van der Waals surface area contributed by atoms with E-state index < -0.39 is 15.7 Å². The minimum atomic E-state index is -3.33. The molecule has 0 saturated carbocycles. The number of carbonyl (C=O) groups excluding carboxylic acids is 1. The maximum Gasteiger partial charge on any atom is 0.332 e. The fraction of sp³-hybridized carbons (Fsp3) is 0.933. The predicted molar refractivity (Wildman–Crippen MR) is 86.7 cm³/mol. The Bertz CT molecular complexity index is 412. The van der Waals surface area contributed by atoms with Gasteiger partial charge >= 0.3 is 5.97 Å². The van der Waals surface area contributed by atoms with E-state index in [0.29, 0.717) is 32.7 Å². The molecule has 0 heterocycles. The molecule has 138 valence electrons. The topological polar surface area (TPSA) is 88.1 Å². The van der Waals surface area contributed by atoms with E-state index in [-0.39, 0.29) is 19.2 Å². The van der Waals surface area contributed by atoms with Crippen LogP contribution in [0.25, 0.3) is 0 Å². The molecule has 0 aromatic heterocycles. The lowest BCUT2D eigenvalue weighted by Gasteiger charge is -2.19. The normalized spacial score (nSPS) is 12.3. The Kier molecular flexibility index (Phi) is 11.4. The van der Waals surface area contributed by atoms with E-state index >= 15 is 0 Å². The highest BCUT2D eigenvalue weighted by Crippen LogP contribution is 2.06. The maximum atomic E-state index is 11.4. The van der Waals surface area contributed by atoms with Gasteiger partial charge in [-0.2, -0.15) is 8.42 Å². The number of esters is 1. The lowest BCUT2D eigenvalue weighted by Crippen LogP contribution is -2.26. The van der Waals surface area contributed by atoms with Crippen LogP contribution in [-0.2, 0) is 33.3 Å². The summed E-state index contributed by atoms with van der Waals surface area (Å²) in [6.07, 6.45) is 4.15. The molecular formula is C15H30O7S. The zero-order valence-corrected chi connectivity index (χ0v) is 15.4. The molecule has 0 radical (unpaired) electrons. The lowest BCUT2D eigenvalue weighted by molar-refractivity contribution is -0.160. The number of hydrogen-bond donors (Lipinski definition) is 0. The summed E-state index contributed by atoms with van der Waals surface area (Å²) in [7, 11) is -3.33. The Labute approximate surface area is 139 Å². The average Bonchev–Trinajstić information content (AvgIpc) is 2.36. The molecule has 0 aromatic rings. The molecule has 0 saturated heterocycles. The van der Waals surface area contributed by atoms with Crippen LogP contribution in [-0.4, -0.2) is 59.3 Å². The van der Waals surface area contributed by atoms with E-state index in [2.05, 4.69) is 4.18 Å². The number of rotatable bonds is 13. The van der Waals surface area contributed by atoms with Crippen LogP contribution in [0.1, 0.15) is 46.5 Å². The van der Waals surface area contributed by atoms with Gasteiger partial charge in [-0.05, 0) is 46.5 Å². The van der Waals surface area contributed by atoms with Crippen LogP contribution < -0.4 is 0 Å². The van der Waals surface area contributed by atoms with Crippen molar-refractivity contribution in [2.75, 3.05) is 39.3 Å². The monoisotopic (exact) mass is 354 g/mol. The Balaban J connectivity index is 3.27. The van der Waals surface area contributed by atoms with Crippen LogP contribution in [0.2, 0.25) is 0 Å². The van der Waals surface area contributed by atoms with Crippen molar-refractivity contribution < 1.29 is 31.6 Å². The van der Waals surface area contributed by atoms with Gasteiger partial charge in [0.15, 0.2) is 0 Å². The first-order valence-electron chi connectivity index (χ1n) is 7.82. The SMILES string of the molecule is CC(C)(C)OC(=O)COCCCOCCCCCOS(C)(=O)=O. The third kappa shape index (κ3) is 19.3. The molecule has 0 atom stereocenters. The van der Waals surface area contributed by atoms with Gasteiger partial charge in [0.05, 0.1) is 12.9 Å². The summed E-state index contributed by atoms with van der Waals surface area (Å²) in [5.74, 6) is -0.366. The molecule has 7 nitrogen and oxygen atoms in total. The van der Waals surface area contributed by atoms with Crippen molar-refractivity contribution in [3.05, 3.63) is 0 Å². The van der Waals surface area contributed by atoms with Gasteiger partial charge < -0.3 is 14.2 Å². The summed E-state index contributed by atoms with van der Waals surface area (Å²) < 4.78 is 41.8. The molecule has 0 N–H and O–H groups in total. The van der Waals surface area contributed by atoms with E-state index in [1.165, 1.54) is 0 Å². The van der Waals surface area contributed by atoms with Gasteiger partial charge in [0.1, 0.15) is 12.2 Å². The summed E-state index contributed by atoms with van der Waals surface area (Å²) in [6, 6.07) is 0. The first-order valence-corrected chi connectivity index (χ1v) is 9.63. The molecular weight excluding hydrogens is 324 g/mol. The minimum Gasteiger partial charge on any atom is -0.458 e. The quantitative estimate of drug-likeness (QED) is 0.283. The molecule has 0 bridgehead atoms. The second kappa shape index (κ2) is 11.8. The van der Waals surface area contributed by atoms with Gasteiger partial charge in [0, 0.05) is 19.8 Å². The summed E-state index contributed by atoms with van der Waals surface area (Å²) in [5, 5.41) is 0. The first-order chi connectivity index (χ1) is 10.6. The molecule has 0 amide bonds. The summed E-state index contributed by atoms with van der Waals surface area (Å²) in [4.78, 5) is 11.4. The predicted octanol–water partition coefficient (Wildman–Crippen LogP) is 1.90. The molecule has 23 heavy (non-hydrogen) atoms. The Morgan fingerprint density at radius 2 is 1.43 bits per heavy atom. The minimum absolute atomic E-state index is 0.0440. The van der Waals surface area contributed by atoms with E-state index in [0.717, 1.165) is 19.1 Å². The molecule has 0 aliphatic heterocycles. The molecule has 8 heteroatoms. The van der Waals surface area contributed by atoms with Crippen LogP contribution in [0, 0.1) is 0 Å². The highest BCUT2D eigenvalue weighted by atomic mass is 32.2. The van der Waals surface area contributed by atoms with Crippen LogP contribution >= 0.6 is 0 Å². The van der Waals surface area contributed by atoms with Crippen molar-refractivity contribution >= 4 is 16.1 Å². The molecule has 0 aromatic carbocycles. The van der Waals surface area contributed by atoms with E-state index in [9.17, 15) is 13.2 Å². The van der Waals surface area contributed by atoms with Crippen LogP contribution in [0.15, 0.2) is 0 Å². The van der Waals surface area contributed by atoms with Crippen molar-refractivity contribution in [1.29, 1.82) is 0 Å². The van der Waals surface area contributed by atoms with Gasteiger partial charge in [0.2, 0.25) is 0 Å². The Morgan fingerprint density at radius 3 is 2.04 bits per heavy atom. The average molecular weight is 354 g/mol. The van der Waals surface area contributed by atoms with Crippen molar-refractivity contribution in [2.24, 2.45) is 0 Å². The highest BCUT2D eigenvalue weighted by molar-refractivity contribution is 7.85. The highest BCUT2D eigenvalue weighted by Gasteiger charge is 2.15. The van der Waals surface area contributed by atoms with Crippen LogP contribution in [0.4, 0.5) is 0 Å². The third-order valence-corrected chi connectivity index (χ3v) is 3.04. The first kappa shape index (κ1) is 22.3. The van der Waals surface area contributed by atoms with Gasteiger partial charge in [-0.3, -0.25) is 4.18 Å². The largest absolute Gasteiger partial charge is 0.458 e. The molecule has 0 unspecified atom stereocenters. The number of unbranched alkanes of at least 4 members (excludes halogenated alkanes) is 2. The van der Waals surface area contributed by atoms with Gasteiger partial charge in [-0.25, -0.2) is 4.79 Å². The molecule has 0 spiro atoms. The Morgan fingerprint density at radius 1 is 0.870 bits per heavy atom. The summed E-state index contributed by atoms with van der Waals surface area (Å²) >= 11 is 0. The van der Waals surface area contributed by atoms with Crippen molar-refractivity contribution in [1.82, 2.24) is 0 Å². The van der Waals surface area contributed by atoms with E-state index in [1.54, 1.807) is 0 Å². The molecule has 0 aliphatic rings. The zero-order chi connectivity index (χ0) is 17.8. The second-order valence-electron chi connectivity index (χ2n) is 6.19. The Hall–Kier alpha value is -0.700. The van der Waals surface area contributed by atoms with Crippen LogP contribution in [0.5, 0.6) is 0 Å². The molecule has 0 aliphatic carbocycles. The van der Waals surface area contributed by atoms with E-state index in [1.807, 2.05) is 20.8 Å². The zero-order valence-electron chi connectivity index (χ0n) is 14.6. The van der Waals surface area contributed by atoms with Crippen molar-refractivity contribution in [3.63, 3.8) is 0 Å². The third-order valence-electron chi connectivity index (χ3n) is 2.45. The number of carbonyl (C=O) groups is 1. The van der Waals surface area contributed by atoms with Crippen molar-refractivity contribution in [2.45, 2.75) is 52.1 Å². The summed E-state index contributed by atoms with van der Waals surface area (Å²) in [6.45, 7) is 7.24. The molecule has 0 rings (SSSR count). The van der Waals surface area contributed by atoms with Gasteiger partial charge in [-0.15, -0.1) is 0 Å². The molecule has 0 fully saturated rings. The van der Waals surface area contributed by atoms with Gasteiger partial charge in [-0.1, -0.05) is 0 Å². The van der Waals surface area contributed by atoms with Gasteiger partial charge in [0.25, 0.3) is 10.1 Å². The smallest absolute Gasteiger partial charge is 0.332 e. The standard InChI is InChI=1S/C15H30O7S/c1-15(2,3)22-14(16)13-20-11-8-10-19-9-6-5-7-12-21-23(4,17)18/h5-13H2,1-4H3. The second-order valence-corrected chi connectivity index (χ2v) is 7.84. The van der Waals surface area contributed by atoms with Crippen molar-refractivity contribution in [3.8, 4) is 0 Å². The van der Waals surface area contributed by atoms with E-state index in [4.69, 9.17) is 14.2 Å². The lowest BCUT2D eigenvalue weighted by atomic mass is 10.2. The number of ether oxygens (including phenoxy) is 3. The number of hydrogen-bond acceptors (Lipinski definition) is 7. The summed E-state index contributed by atoms with van der Waals surface area (Å²) in [5.41, 5.74) is -0.490. The fourth-order valence-corrected chi connectivity index (χ4v) is 2.01. The maximum absolute atomic E-state index is 11.4. The fourth-order valence-electron chi connectivity index (χ4n) is 1.58.